The largest absolute Gasteiger partial charge is 0.393 e. The van der Waals surface area contributed by atoms with Crippen molar-refractivity contribution in [3.8, 4) is 0 Å². The van der Waals surface area contributed by atoms with Gasteiger partial charge in [0.25, 0.3) is 0 Å². The normalized spacial score (nSPS) is 21.1. The summed E-state index contributed by atoms with van der Waals surface area (Å²) in [6, 6.07) is 0. The Morgan fingerprint density at radius 2 is 2.44 bits per heavy atom. The third kappa shape index (κ3) is 2.69. The summed E-state index contributed by atoms with van der Waals surface area (Å²) in [5, 5.41) is 12.5. The van der Waals surface area contributed by atoms with E-state index in [0.717, 1.165) is 13.0 Å². The molecule has 100 valence electrons. The van der Waals surface area contributed by atoms with Gasteiger partial charge in [0, 0.05) is 25.6 Å². The summed E-state index contributed by atoms with van der Waals surface area (Å²) in [6.45, 7) is 5.76. The van der Waals surface area contributed by atoms with Crippen LogP contribution in [0.25, 0.3) is 0 Å². The van der Waals surface area contributed by atoms with Crippen molar-refractivity contribution in [3.63, 3.8) is 0 Å². The fourth-order valence-electron chi connectivity index (χ4n) is 2.20. The van der Waals surface area contributed by atoms with Crippen LogP contribution in [0.15, 0.2) is 6.20 Å². The van der Waals surface area contributed by atoms with Gasteiger partial charge in [0.2, 0.25) is 5.95 Å². The number of anilines is 2. The predicted molar refractivity (Wildman–Crippen MR) is 68.2 cm³/mol. The molecule has 2 atom stereocenters. The van der Waals surface area contributed by atoms with Crippen molar-refractivity contribution in [1.29, 1.82) is 0 Å². The molecule has 2 heterocycles. The van der Waals surface area contributed by atoms with Crippen LogP contribution in [0.5, 0.6) is 0 Å². The number of halogens is 1. The highest BCUT2D eigenvalue weighted by atomic mass is 19.1. The van der Waals surface area contributed by atoms with Gasteiger partial charge in [-0.15, -0.1) is 0 Å². The molecule has 1 saturated heterocycles. The minimum Gasteiger partial charge on any atom is -0.393 e. The van der Waals surface area contributed by atoms with Crippen LogP contribution in [0.1, 0.15) is 20.3 Å². The minimum absolute atomic E-state index is 0.182. The van der Waals surface area contributed by atoms with Crippen LogP contribution in [-0.4, -0.2) is 40.8 Å². The molecule has 2 N–H and O–H groups in total. The number of nitrogens with zero attached hydrogens (tertiary/aromatic N) is 3. The minimum atomic E-state index is -0.414. The summed E-state index contributed by atoms with van der Waals surface area (Å²) >= 11 is 0. The molecule has 1 fully saturated rings. The van der Waals surface area contributed by atoms with Gasteiger partial charge in [0.05, 0.1) is 12.3 Å². The number of aliphatic hydroxyl groups is 1. The Labute approximate surface area is 106 Å². The highest BCUT2D eigenvalue weighted by molar-refractivity contribution is 5.44. The van der Waals surface area contributed by atoms with Crippen molar-refractivity contribution in [2.45, 2.75) is 26.4 Å². The zero-order chi connectivity index (χ0) is 13.1. The molecular formula is C12H19FN4O. The van der Waals surface area contributed by atoms with Gasteiger partial charge < -0.3 is 15.3 Å². The molecule has 5 nitrogen and oxygen atoms in total. The summed E-state index contributed by atoms with van der Waals surface area (Å²) in [4.78, 5) is 9.94. The smallest absolute Gasteiger partial charge is 0.224 e. The van der Waals surface area contributed by atoms with Gasteiger partial charge in [-0.1, -0.05) is 0 Å². The third-order valence-electron chi connectivity index (χ3n) is 3.27. The summed E-state index contributed by atoms with van der Waals surface area (Å²) in [5.41, 5.74) is 0. The van der Waals surface area contributed by atoms with E-state index in [9.17, 15) is 9.50 Å². The van der Waals surface area contributed by atoms with E-state index in [1.807, 2.05) is 11.8 Å². The van der Waals surface area contributed by atoms with Crippen molar-refractivity contribution in [2.24, 2.45) is 5.92 Å². The molecule has 0 saturated carbocycles. The first-order valence-electron chi connectivity index (χ1n) is 6.31. The van der Waals surface area contributed by atoms with Crippen molar-refractivity contribution < 1.29 is 9.50 Å². The molecule has 1 aromatic rings. The Morgan fingerprint density at radius 1 is 1.67 bits per heavy atom. The van der Waals surface area contributed by atoms with Gasteiger partial charge in [0.1, 0.15) is 0 Å². The first-order chi connectivity index (χ1) is 8.61. The number of nitrogens with one attached hydrogen (secondary N) is 1. The van der Waals surface area contributed by atoms with E-state index in [1.54, 1.807) is 6.92 Å². The zero-order valence-electron chi connectivity index (χ0n) is 10.7. The second-order valence-corrected chi connectivity index (χ2v) is 4.63. The van der Waals surface area contributed by atoms with Gasteiger partial charge in [-0.3, -0.25) is 0 Å². The highest BCUT2D eigenvalue weighted by Gasteiger charge is 2.28. The van der Waals surface area contributed by atoms with Crippen LogP contribution >= 0.6 is 0 Å². The van der Waals surface area contributed by atoms with Gasteiger partial charge in [0.15, 0.2) is 11.6 Å². The van der Waals surface area contributed by atoms with Crippen LogP contribution in [-0.2, 0) is 0 Å². The van der Waals surface area contributed by atoms with E-state index in [2.05, 4.69) is 15.3 Å². The van der Waals surface area contributed by atoms with Crippen molar-refractivity contribution >= 4 is 11.8 Å². The zero-order valence-corrected chi connectivity index (χ0v) is 10.7. The maximum Gasteiger partial charge on any atom is 0.224 e. The summed E-state index contributed by atoms with van der Waals surface area (Å²) in [5.74, 6) is 0.531. The van der Waals surface area contributed by atoms with E-state index in [0.29, 0.717) is 24.9 Å². The standard InChI is InChI=1S/C12H19FN4O/c1-3-14-12-15-6-10(13)11(16-12)17-5-4-9(7-17)8(2)18/h6,8-9,18H,3-5,7H2,1-2H3,(H,14,15,16). The van der Waals surface area contributed by atoms with E-state index >= 15 is 0 Å². The molecule has 1 aliphatic heterocycles. The Balaban J connectivity index is 2.15. The fourth-order valence-corrected chi connectivity index (χ4v) is 2.20. The molecule has 2 rings (SSSR count). The monoisotopic (exact) mass is 254 g/mol. The molecule has 6 heteroatoms. The lowest BCUT2D eigenvalue weighted by Crippen LogP contribution is -2.25. The fraction of sp³-hybridized carbons (Fsp3) is 0.667. The lowest BCUT2D eigenvalue weighted by atomic mass is 10.0. The number of hydrogen-bond donors (Lipinski definition) is 2. The van der Waals surface area contributed by atoms with E-state index < -0.39 is 5.82 Å². The molecule has 0 spiro atoms. The Hall–Kier alpha value is -1.43. The molecular weight excluding hydrogens is 235 g/mol. The lowest BCUT2D eigenvalue weighted by molar-refractivity contribution is 0.136. The van der Waals surface area contributed by atoms with E-state index in [4.69, 9.17) is 0 Å². The first-order valence-corrected chi connectivity index (χ1v) is 6.31. The summed E-state index contributed by atoms with van der Waals surface area (Å²) in [7, 11) is 0. The van der Waals surface area contributed by atoms with E-state index in [-0.39, 0.29) is 12.0 Å². The molecule has 2 unspecified atom stereocenters. The van der Waals surface area contributed by atoms with Crippen LogP contribution < -0.4 is 10.2 Å². The van der Waals surface area contributed by atoms with Gasteiger partial charge >= 0.3 is 0 Å². The average Bonchev–Trinajstić information content (AvgIpc) is 2.81. The molecule has 1 aromatic heterocycles. The molecule has 0 bridgehead atoms. The quantitative estimate of drug-likeness (QED) is 0.847. The topological polar surface area (TPSA) is 61.3 Å². The molecule has 0 radical (unpaired) electrons. The lowest BCUT2D eigenvalue weighted by Gasteiger charge is -2.19. The Bertz CT molecular complexity index is 413. The molecule has 1 aliphatic rings. The van der Waals surface area contributed by atoms with Gasteiger partial charge in [-0.25, -0.2) is 9.37 Å². The summed E-state index contributed by atoms with van der Waals surface area (Å²) < 4.78 is 13.7. The average molecular weight is 254 g/mol. The molecule has 18 heavy (non-hydrogen) atoms. The first kappa shape index (κ1) is 13.0. The second kappa shape index (κ2) is 5.48. The molecule has 0 amide bonds. The van der Waals surface area contributed by atoms with E-state index in [1.165, 1.54) is 6.20 Å². The van der Waals surface area contributed by atoms with Crippen LogP contribution in [0, 0.1) is 11.7 Å². The maximum absolute atomic E-state index is 13.7. The van der Waals surface area contributed by atoms with Gasteiger partial charge in [-0.2, -0.15) is 4.98 Å². The van der Waals surface area contributed by atoms with Crippen LogP contribution in [0.4, 0.5) is 16.2 Å². The van der Waals surface area contributed by atoms with Crippen molar-refractivity contribution in [2.75, 3.05) is 29.9 Å². The second-order valence-electron chi connectivity index (χ2n) is 4.63. The SMILES string of the molecule is CCNc1ncc(F)c(N2CCC(C(C)O)C2)n1. The van der Waals surface area contributed by atoms with Crippen molar-refractivity contribution in [3.05, 3.63) is 12.0 Å². The Kier molecular flexibility index (Phi) is 3.96. The molecule has 0 aliphatic carbocycles. The third-order valence-corrected chi connectivity index (χ3v) is 3.27. The maximum atomic E-state index is 13.7. The Morgan fingerprint density at radius 3 is 3.06 bits per heavy atom. The van der Waals surface area contributed by atoms with Crippen molar-refractivity contribution in [1.82, 2.24) is 9.97 Å². The van der Waals surface area contributed by atoms with Crippen LogP contribution in [0.2, 0.25) is 0 Å². The predicted octanol–water partition coefficient (Wildman–Crippen LogP) is 1.25. The number of hydrogen-bond acceptors (Lipinski definition) is 5. The summed E-state index contributed by atoms with van der Waals surface area (Å²) in [6.07, 6.45) is 1.68. The highest BCUT2D eigenvalue weighted by Crippen LogP contribution is 2.26. The molecule has 0 aromatic carbocycles. The number of aliphatic hydroxyl groups excluding tert-OH is 1. The van der Waals surface area contributed by atoms with Gasteiger partial charge in [-0.05, 0) is 20.3 Å². The number of aromatic nitrogens is 2. The van der Waals surface area contributed by atoms with Crippen LogP contribution in [0.3, 0.4) is 0 Å². The number of rotatable bonds is 4.